The Morgan fingerprint density at radius 2 is 2.21 bits per heavy atom. The SMILES string of the molecule is CCNC(=NCc1nncn1C)NCCc1ccc(OC)cc1Cl. The highest BCUT2D eigenvalue weighted by Gasteiger charge is 2.04. The van der Waals surface area contributed by atoms with Crippen molar-refractivity contribution in [3.8, 4) is 5.75 Å². The average Bonchev–Trinajstić information content (AvgIpc) is 2.99. The molecule has 0 atom stereocenters. The maximum absolute atomic E-state index is 6.26. The lowest BCUT2D eigenvalue weighted by atomic mass is 10.1. The smallest absolute Gasteiger partial charge is 0.191 e. The first-order valence-corrected chi connectivity index (χ1v) is 8.19. The number of aliphatic imine (C=N–C) groups is 1. The molecule has 0 fully saturated rings. The molecule has 0 aliphatic carbocycles. The summed E-state index contributed by atoms with van der Waals surface area (Å²) in [5, 5.41) is 15.1. The van der Waals surface area contributed by atoms with Crippen molar-refractivity contribution in [2.24, 2.45) is 12.0 Å². The average molecular weight is 351 g/mol. The third kappa shape index (κ3) is 5.13. The number of hydrogen-bond donors (Lipinski definition) is 2. The van der Waals surface area contributed by atoms with Crippen LogP contribution in [0.5, 0.6) is 5.75 Å². The molecule has 0 radical (unpaired) electrons. The van der Waals surface area contributed by atoms with Crippen LogP contribution >= 0.6 is 11.6 Å². The minimum atomic E-state index is 0.467. The lowest BCUT2D eigenvalue weighted by Gasteiger charge is -2.12. The summed E-state index contributed by atoms with van der Waals surface area (Å²) in [6, 6.07) is 5.71. The zero-order valence-electron chi connectivity index (χ0n) is 14.2. The van der Waals surface area contributed by atoms with Gasteiger partial charge in [0.15, 0.2) is 11.8 Å². The summed E-state index contributed by atoms with van der Waals surface area (Å²) in [6.45, 7) is 4.00. The summed E-state index contributed by atoms with van der Waals surface area (Å²) < 4.78 is 7.01. The van der Waals surface area contributed by atoms with Gasteiger partial charge in [-0.3, -0.25) is 0 Å². The lowest BCUT2D eigenvalue weighted by molar-refractivity contribution is 0.414. The third-order valence-electron chi connectivity index (χ3n) is 3.47. The molecule has 1 aromatic carbocycles. The first kappa shape index (κ1) is 18.1. The summed E-state index contributed by atoms with van der Waals surface area (Å²) in [7, 11) is 3.53. The van der Waals surface area contributed by atoms with Crippen molar-refractivity contribution >= 4 is 17.6 Å². The second-order valence-electron chi connectivity index (χ2n) is 5.19. The quantitative estimate of drug-likeness (QED) is 0.588. The van der Waals surface area contributed by atoms with E-state index in [0.717, 1.165) is 42.6 Å². The maximum Gasteiger partial charge on any atom is 0.191 e. The molecule has 1 aromatic heterocycles. The van der Waals surface area contributed by atoms with Crippen LogP contribution in [-0.4, -0.2) is 40.9 Å². The fourth-order valence-corrected chi connectivity index (χ4v) is 2.38. The maximum atomic E-state index is 6.26. The van der Waals surface area contributed by atoms with Gasteiger partial charge in [-0.05, 0) is 31.0 Å². The Kier molecular flexibility index (Phi) is 6.87. The molecule has 0 aliphatic rings. The van der Waals surface area contributed by atoms with E-state index < -0.39 is 0 Å². The Balaban J connectivity index is 1.90. The van der Waals surface area contributed by atoms with Crippen LogP contribution in [0, 0.1) is 0 Å². The zero-order chi connectivity index (χ0) is 17.4. The van der Waals surface area contributed by atoms with E-state index in [2.05, 4.69) is 25.8 Å². The minimum absolute atomic E-state index is 0.467. The van der Waals surface area contributed by atoms with Crippen LogP contribution in [0.2, 0.25) is 5.02 Å². The Morgan fingerprint density at radius 3 is 2.83 bits per heavy atom. The second-order valence-corrected chi connectivity index (χ2v) is 5.59. The monoisotopic (exact) mass is 350 g/mol. The van der Waals surface area contributed by atoms with Crippen molar-refractivity contribution in [2.45, 2.75) is 19.9 Å². The van der Waals surface area contributed by atoms with Gasteiger partial charge in [0.2, 0.25) is 0 Å². The van der Waals surface area contributed by atoms with Gasteiger partial charge >= 0.3 is 0 Å². The predicted octanol–water partition coefficient (Wildman–Crippen LogP) is 1.77. The van der Waals surface area contributed by atoms with Crippen molar-refractivity contribution in [3.63, 3.8) is 0 Å². The number of guanidine groups is 1. The molecule has 8 heteroatoms. The van der Waals surface area contributed by atoms with E-state index >= 15 is 0 Å². The van der Waals surface area contributed by atoms with Crippen molar-refractivity contribution in [1.29, 1.82) is 0 Å². The fraction of sp³-hybridized carbons (Fsp3) is 0.438. The number of aromatic nitrogens is 3. The van der Waals surface area contributed by atoms with E-state index in [0.29, 0.717) is 11.6 Å². The van der Waals surface area contributed by atoms with Gasteiger partial charge < -0.3 is 19.9 Å². The molecule has 130 valence electrons. The molecular formula is C16H23ClN6O. The number of halogens is 1. The topological polar surface area (TPSA) is 76.4 Å². The van der Waals surface area contributed by atoms with Gasteiger partial charge in [-0.1, -0.05) is 17.7 Å². The van der Waals surface area contributed by atoms with Crippen LogP contribution in [0.3, 0.4) is 0 Å². The molecule has 7 nitrogen and oxygen atoms in total. The van der Waals surface area contributed by atoms with Crippen LogP contribution in [0.25, 0.3) is 0 Å². The molecule has 0 saturated heterocycles. The Labute approximate surface area is 147 Å². The van der Waals surface area contributed by atoms with Crippen molar-refractivity contribution in [1.82, 2.24) is 25.4 Å². The van der Waals surface area contributed by atoms with Gasteiger partial charge in [0.05, 0.1) is 7.11 Å². The van der Waals surface area contributed by atoms with Gasteiger partial charge in [0.25, 0.3) is 0 Å². The van der Waals surface area contributed by atoms with Crippen molar-refractivity contribution < 1.29 is 4.74 Å². The highest BCUT2D eigenvalue weighted by molar-refractivity contribution is 6.31. The summed E-state index contributed by atoms with van der Waals surface area (Å²) >= 11 is 6.26. The van der Waals surface area contributed by atoms with E-state index in [9.17, 15) is 0 Å². The standard InChI is InChI=1S/C16H23ClN6O/c1-4-18-16(20-10-15-22-21-11-23(15)2)19-8-7-12-5-6-13(24-3)9-14(12)17/h5-6,9,11H,4,7-8,10H2,1-3H3,(H2,18,19,20). The number of methoxy groups -OCH3 is 1. The second kappa shape index (κ2) is 9.12. The summed E-state index contributed by atoms with van der Waals surface area (Å²) in [5.41, 5.74) is 1.06. The number of nitrogens with zero attached hydrogens (tertiary/aromatic N) is 4. The molecule has 24 heavy (non-hydrogen) atoms. The highest BCUT2D eigenvalue weighted by atomic mass is 35.5. The Hall–Kier alpha value is -2.28. The van der Waals surface area contributed by atoms with E-state index in [1.807, 2.05) is 36.7 Å². The molecular weight excluding hydrogens is 328 g/mol. The zero-order valence-corrected chi connectivity index (χ0v) is 15.0. The summed E-state index contributed by atoms with van der Waals surface area (Å²) in [5.74, 6) is 2.31. The highest BCUT2D eigenvalue weighted by Crippen LogP contribution is 2.22. The first-order chi connectivity index (χ1) is 11.6. The predicted molar refractivity (Wildman–Crippen MR) is 95.5 cm³/mol. The molecule has 0 bridgehead atoms. The first-order valence-electron chi connectivity index (χ1n) is 7.81. The molecule has 0 spiro atoms. The van der Waals surface area contributed by atoms with Crippen molar-refractivity contribution in [2.75, 3.05) is 20.2 Å². The Bertz CT molecular complexity index is 685. The van der Waals surface area contributed by atoms with E-state index in [1.165, 1.54) is 0 Å². The number of aryl methyl sites for hydroxylation is 1. The molecule has 2 aromatic rings. The number of rotatable bonds is 7. The summed E-state index contributed by atoms with van der Waals surface area (Å²) in [6.07, 6.45) is 2.45. The van der Waals surface area contributed by atoms with Crippen LogP contribution in [0.4, 0.5) is 0 Å². The van der Waals surface area contributed by atoms with E-state index in [1.54, 1.807) is 13.4 Å². The van der Waals surface area contributed by atoms with Crippen LogP contribution in [0.1, 0.15) is 18.3 Å². The number of hydrogen-bond acceptors (Lipinski definition) is 4. The molecule has 0 unspecified atom stereocenters. The molecule has 1 heterocycles. The lowest BCUT2D eigenvalue weighted by Crippen LogP contribution is -2.38. The molecule has 2 N–H and O–H groups in total. The Morgan fingerprint density at radius 1 is 1.38 bits per heavy atom. The molecule has 0 saturated carbocycles. The normalized spacial score (nSPS) is 11.4. The van der Waals surface area contributed by atoms with Gasteiger partial charge in [0, 0.05) is 25.2 Å². The van der Waals surface area contributed by atoms with Crippen LogP contribution in [0.15, 0.2) is 29.5 Å². The minimum Gasteiger partial charge on any atom is -0.497 e. The van der Waals surface area contributed by atoms with Crippen LogP contribution in [-0.2, 0) is 20.0 Å². The number of ether oxygens (including phenoxy) is 1. The van der Waals surface area contributed by atoms with Crippen LogP contribution < -0.4 is 15.4 Å². The molecule has 2 rings (SSSR count). The van der Waals surface area contributed by atoms with E-state index in [-0.39, 0.29) is 0 Å². The van der Waals surface area contributed by atoms with Gasteiger partial charge in [0.1, 0.15) is 18.6 Å². The van der Waals surface area contributed by atoms with Crippen molar-refractivity contribution in [3.05, 3.63) is 40.9 Å². The summed E-state index contributed by atoms with van der Waals surface area (Å²) in [4.78, 5) is 4.52. The van der Waals surface area contributed by atoms with Gasteiger partial charge in [-0.2, -0.15) is 0 Å². The number of benzene rings is 1. The third-order valence-corrected chi connectivity index (χ3v) is 3.83. The molecule has 0 amide bonds. The number of nitrogens with one attached hydrogen (secondary N) is 2. The van der Waals surface area contributed by atoms with E-state index in [4.69, 9.17) is 16.3 Å². The van der Waals surface area contributed by atoms with Gasteiger partial charge in [-0.25, -0.2) is 4.99 Å². The van der Waals surface area contributed by atoms with Gasteiger partial charge in [-0.15, -0.1) is 10.2 Å². The fourth-order valence-electron chi connectivity index (χ4n) is 2.12. The molecule has 0 aliphatic heterocycles. The largest absolute Gasteiger partial charge is 0.497 e.